The zero-order chi connectivity index (χ0) is 20.1. The van der Waals surface area contributed by atoms with Crippen molar-refractivity contribution in [3.8, 4) is 0 Å². The summed E-state index contributed by atoms with van der Waals surface area (Å²) in [4.78, 5) is 26.1. The molecule has 0 spiro atoms. The van der Waals surface area contributed by atoms with Crippen molar-refractivity contribution in [1.29, 1.82) is 0 Å². The summed E-state index contributed by atoms with van der Waals surface area (Å²) in [6.07, 6.45) is 15.5. The van der Waals surface area contributed by atoms with E-state index in [0.29, 0.717) is 11.1 Å². The average Bonchev–Trinajstić information content (AvgIpc) is 3.49. The van der Waals surface area contributed by atoms with Gasteiger partial charge in [0.15, 0.2) is 0 Å². The van der Waals surface area contributed by atoms with Crippen molar-refractivity contribution in [3.63, 3.8) is 0 Å². The van der Waals surface area contributed by atoms with Crippen molar-refractivity contribution in [2.75, 3.05) is 0 Å². The van der Waals surface area contributed by atoms with Crippen LogP contribution >= 0.6 is 0 Å². The summed E-state index contributed by atoms with van der Waals surface area (Å²) in [7, 11) is 0. The van der Waals surface area contributed by atoms with Crippen LogP contribution in [0.4, 0.5) is 0 Å². The molecule has 0 aliphatic heterocycles. The SMILES string of the molecule is O=C([O][Sn]([O]C(=O)c1ccccc1)([CH]1C=CC=C1)[CH]1C=CC=C1)c1ccccc1. The van der Waals surface area contributed by atoms with Gasteiger partial charge in [0, 0.05) is 0 Å². The summed E-state index contributed by atoms with van der Waals surface area (Å²) in [6, 6.07) is 17.7. The molecule has 0 amide bonds. The van der Waals surface area contributed by atoms with E-state index in [4.69, 9.17) is 6.15 Å². The van der Waals surface area contributed by atoms with Gasteiger partial charge in [-0.25, -0.2) is 0 Å². The molecule has 2 aliphatic carbocycles. The van der Waals surface area contributed by atoms with E-state index in [0.717, 1.165) is 0 Å². The molecular weight excluding hydrogens is 471 g/mol. The van der Waals surface area contributed by atoms with Gasteiger partial charge in [-0.3, -0.25) is 0 Å². The third-order valence-corrected chi connectivity index (χ3v) is 15.3. The van der Waals surface area contributed by atoms with Crippen molar-refractivity contribution in [3.05, 3.63) is 120 Å². The van der Waals surface area contributed by atoms with Crippen LogP contribution in [0.1, 0.15) is 20.7 Å². The molecule has 0 fully saturated rings. The minimum absolute atomic E-state index is 0.206. The van der Waals surface area contributed by atoms with Crippen molar-refractivity contribution >= 4 is 31.1 Å². The molecule has 2 aliphatic rings. The fourth-order valence-electron chi connectivity index (χ4n) is 3.47. The predicted octanol–water partition coefficient (Wildman–Crippen LogP) is 5.14. The van der Waals surface area contributed by atoms with Gasteiger partial charge < -0.3 is 0 Å². The van der Waals surface area contributed by atoms with Crippen LogP contribution in [0.5, 0.6) is 0 Å². The monoisotopic (exact) mass is 492 g/mol. The van der Waals surface area contributed by atoms with Crippen LogP contribution in [0, 0.1) is 0 Å². The third-order valence-electron chi connectivity index (χ3n) is 4.95. The predicted molar refractivity (Wildman–Crippen MR) is 114 cm³/mol. The van der Waals surface area contributed by atoms with E-state index in [1.807, 2.05) is 60.7 Å². The number of rotatable bonds is 6. The summed E-state index contributed by atoms with van der Waals surface area (Å²) < 4.78 is 12.0. The molecule has 29 heavy (non-hydrogen) atoms. The molecular formula is C24H20O4Sn. The Morgan fingerprint density at radius 1 is 0.586 bits per heavy atom. The third kappa shape index (κ3) is 4.12. The second-order valence-corrected chi connectivity index (χ2v) is 15.9. The molecule has 0 saturated heterocycles. The number of benzene rings is 2. The van der Waals surface area contributed by atoms with Gasteiger partial charge in [0.1, 0.15) is 0 Å². The summed E-state index contributed by atoms with van der Waals surface area (Å²) in [6.45, 7) is 0. The zero-order valence-corrected chi connectivity index (χ0v) is 18.5. The topological polar surface area (TPSA) is 52.6 Å². The summed E-state index contributed by atoms with van der Waals surface area (Å²) in [5.74, 6) is -0.908. The molecule has 0 N–H and O–H groups in total. The van der Waals surface area contributed by atoms with Gasteiger partial charge in [0.2, 0.25) is 0 Å². The molecule has 2 aromatic rings. The number of carbonyl (C=O) groups is 2. The van der Waals surface area contributed by atoms with Crippen molar-refractivity contribution < 1.29 is 15.7 Å². The molecule has 144 valence electrons. The Morgan fingerprint density at radius 2 is 0.931 bits per heavy atom. The Morgan fingerprint density at radius 3 is 1.28 bits per heavy atom. The second-order valence-electron chi connectivity index (χ2n) is 6.82. The molecule has 0 heterocycles. The van der Waals surface area contributed by atoms with Crippen LogP contribution in [-0.2, 0) is 6.15 Å². The van der Waals surface area contributed by atoms with Gasteiger partial charge >= 0.3 is 175 Å². The number of hydrogen-bond donors (Lipinski definition) is 0. The van der Waals surface area contributed by atoms with E-state index >= 15 is 0 Å². The first-order valence-electron chi connectivity index (χ1n) is 9.46. The molecule has 0 bridgehead atoms. The maximum absolute atomic E-state index is 13.0. The van der Waals surface area contributed by atoms with Crippen LogP contribution in [0.2, 0.25) is 7.87 Å². The quantitative estimate of drug-likeness (QED) is 0.526. The fraction of sp³-hybridized carbons (Fsp3) is 0.0833. The van der Waals surface area contributed by atoms with Crippen molar-refractivity contribution in [2.45, 2.75) is 7.87 Å². The molecule has 4 rings (SSSR count). The van der Waals surface area contributed by atoms with Crippen LogP contribution in [-0.4, -0.2) is 31.1 Å². The van der Waals surface area contributed by atoms with Gasteiger partial charge in [-0.1, -0.05) is 0 Å². The second kappa shape index (κ2) is 8.66. The summed E-state index contributed by atoms with van der Waals surface area (Å²) in [5.41, 5.74) is 0.891. The Balaban J connectivity index is 1.73. The molecule has 0 saturated carbocycles. The van der Waals surface area contributed by atoms with E-state index in [1.54, 1.807) is 48.5 Å². The first-order chi connectivity index (χ1) is 14.2. The Bertz CT molecular complexity index is 898. The number of hydrogen-bond acceptors (Lipinski definition) is 4. The number of carbonyl (C=O) groups excluding carboxylic acids is 2. The molecule has 5 heteroatoms. The Labute approximate surface area is 174 Å². The van der Waals surface area contributed by atoms with Crippen molar-refractivity contribution in [2.24, 2.45) is 0 Å². The van der Waals surface area contributed by atoms with Crippen molar-refractivity contribution in [1.82, 2.24) is 0 Å². The minimum atomic E-state index is -4.46. The fourth-order valence-corrected chi connectivity index (χ4v) is 13.1. The Hall–Kier alpha value is -2.86. The van der Waals surface area contributed by atoms with Gasteiger partial charge in [0.25, 0.3) is 0 Å². The molecule has 2 aromatic carbocycles. The maximum atomic E-state index is 13.0. The molecule has 4 nitrogen and oxygen atoms in total. The molecule has 0 unspecified atom stereocenters. The normalized spacial score (nSPS) is 15.7. The van der Waals surface area contributed by atoms with Crippen LogP contribution < -0.4 is 0 Å². The standard InChI is InChI=1S/2C7H6O2.2C5H5.Sn/c2*8-7(9)6-4-2-1-3-5-6;2*1-2-4-5-3-1;/h2*1-5H,(H,8,9);2*1-5H;/q;;;;+2/p-2. The van der Waals surface area contributed by atoms with Crippen LogP contribution in [0.3, 0.4) is 0 Å². The van der Waals surface area contributed by atoms with E-state index in [9.17, 15) is 9.59 Å². The van der Waals surface area contributed by atoms with Gasteiger partial charge in [-0.05, 0) is 0 Å². The van der Waals surface area contributed by atoms with E-state index in [1.165, 1.54) is 0 Å². The van der Waals surface area contributed by atoms with E-state index in [-0.39, 0.29) is 7.87 Å². The molecule has 0 aromatic heterocycles. The number of allylic oxidation sites excluding steroid dienone is 8. The van der Waals surface area contributed by atoms with Gasteiger partial charge in [-0.2, -0.15) is 0 Å². The first-order valence-corrected chi connectivity index (χ1v) is 15.1. The van der Waals surface area contributed by atoms with Crippen LogP contribution in [0.15, 0.2) is 109 Å². The molecule has 0 atom stereocenters. The van der Waals surface area contributed by atoms with Crippen LogP contribution in [0.25, 0.3) is 0 Å². The molecule has 0 radical (unpaired) electrons. The van der Waals surface area contributed by atoms with Gasteiger partial charge in [0.05, 0.1) is 0 Å². The van der Waals surface area contributed by atoms with Gasteiger partial charge in [-0.15, -0.1) is 0 Å². The Kier molecular flexibility index (Phi) is 5.81. The summed E-state index contributed by atoms with van der Waals surface area (Å²) in [5, 5.41) is 0. The summed E-state index contributed by atoms with van der Waals surface area (Å²) >= 11 is -4.46. The zero-order valence-electron chi connectivity index (χ0n) is 15.7. The van der Waals surface area contributed by atoms with E-state index in [2.05, 4.69) is 0 Å². The average molecular weight is 491 g/mol. The van der Waals surface area contributed by atoms with E-state index < -0.39 is 31.1 Å². The first kappa shape index (κ1) is 19.5.